The van der Waals surface area contributed by atoms with Crippen LogP contribution >= 0.6 is 0 Å². The molecule has 0 aliphatic carbocycles. The van der Waals surface area contributed by atoms with Crippen molar-refractivity contribution < 1.29 is 36.1 Å². The van der Waals surface area contributed by atoms with Crippen LogP contribution in [0.15, 0.2) is 36.9 Å². The van der Waals surface area contributed by atoms with E-state index in [-0.39, 0.29) is 11.5 Å². The monoisotopic (exact) mass is 396 g/mol. The number of ether oxygens (including phenoxy) is 4. The third-order valence-corrected chi connectivity index (χ3v) is 4.11. The van der Waals surface area contributed by atoms with Crippen LogP contribution in [-0.4, -0.2) is 41.4 Å². The van der Waals surface area contributed by atoms with Gasteiger partial charge in [-0.25, -0.2) is 0 Å². The summed E-state index contributed by atoms with van der Waals surface area (Å²) in [7, 11) is 1.12. The van der Waals surface area contributed by atoms with Crippen molar-refractivity contribution in [1.82, 2.24) is 0 Å². The normalized spacial score (nSPS) is 10.9. The topological polar surface area (TPSA) is 101 Å². The van der Waals surface area contributed by atoms with Crippen molar-refractivity contribution in [2.24, 2.45) is 0 Å². The summed E-state index contributed by atoms with van der Waals surface area (Å²) >= 11 is 0. The summed E-state index contributed by atoms with van der Waals surface area (Å²) in [6.07, 6.45) is 0. The summed E-state index contributed by atoms with van der Waals surface area (Å²) in [6.45, 7) is 4.03. The highest BCUT2D eigenvalue weighted by Crippen LogP contribution is 2.41. The van der Waals surface area contributed by atoms with Gasteiger partial charge < -0.3 is 23.1 Å². The third kappa shape index (κ3) is 4.63. The molecule has 0 saturated heterocycles. The van der Waals surface area contributed by atoms with Crippen LogP contribution in [0.25, 0.3) is 5.57 Å². The predicted molar refractivity (Wildman–Crippen MR) is 99.4 cm³/mol. The largest absolute Gasteiger partial charge is 0.493 e. The Morgan fingerprint density at radius 1 is 0.815 bits per heavy atom. The van der Waals surface area contributed by atoms with Crippen LogP contribution in [-0.2, 0) is 10.4 Å². The molecule has 0 aliphatic heterocycles. The van der Waals surface area contributed by atoms with E-state index in [1.165, 1.54) is 40.6 Å². The Labute approximate surface area is 157 Å². The maximum absolute atomic E-state index is 11.1. The van der Waals surface area contributed by atoms with Gasteiger partial charge >= 0.3 is 10.4 Å². The Kier molecular flexibility index (Phi) is 6.19. The Balaban J connectivity index is 2.53. The van der Waals surface area contributed by atoms with Gasteiger partial charge in [0.1, 0.15) is 0 Å². The van der Waals surface area contributed by atoms with E-state index < -0.39 is 10.4 Å². The molecule has 8 nitrogen and oxygen atoms in total. The van der Waals surface area contributed by atoms with E-state index in [0.717, 1.165) is 0 Å². The van der Waals surface area contributed by atoms with E-state index in [9.17, 15) is 8.42 Å². The Hall–Kier alpha value is -2.91. The lowest BCUT2D eigenvalue weighted by Crippen LogP contribution is -2.08. The van der Waals surface area contributed by atoms with Gasteiger partial charge in [-0.1, -0.05) is 12.6 Å². The van der Waals surface area contributed by atoms with Crippen LogP contribution in [0.1, 0.15) is 11.1 Å². The molecular formula is C18H20O8S. The van der Waals surface area contributed by atoms with E-state index in [0.29, 0.717) is 33.9 Å². The second-order valence-electron chi connectivity index (χ2n) is 5.27. The molecule has 2 aromatic rings. The van der Waals surface area contributed by atoms with Crippen LogP contribution in [0.4, 0.5) is 0 Å². The second-order valence-corrected chi connectivity index (χ2v) is 6.29. The van der Waals surface area contributed by atoms with E-state index >= 15 is 0 Å². The maximum Gasteiger partial charge on any atom is 0.446 e. The number of benzene rings is 2. The smallest absolute Gasteiger partial charge is 0.446 e. The average molecular weight is 396 g/mol. The predicted octanol–water partition coefficient (Wildman–Crippen LogP) is 2.96. The summed E-state index contributed by atoms with van der Waals surface area (Å²) in [5.41, 5.74) is 1.70. The van der Waals surface area contributed by atoms with E-state index in [4.69, 9.17) is 23.5 Å². The van der Waals surface area contributed by atoms with Crippen molar-refractivity contribution in [3.63, 3.8) is 0 Å². The van der Waals surface area contributed by atoms with E-state index in [2.05, 4.69) is 10.8 Å². The molecule has 0 amide bonds. The van der Waals surface area contributed by atoms with Crippen LogP contribution < -0.4 is 23.1 Å². The van der Waals surface area contributed by atoms with Crippen LogP contribution in [0, 0.1) is 0 Å². The van der Waals surface area contributed by atoms with Gasteiger partial charge in [-0.3, -0.25) is 4.55 Å². The molecule has 2 rings (SSSR count). The molecule has 0 aliphatic rings. The fraction of sp³-hybridized carbons (Fsp3) is 0.222. The minimum atomic E-state index is -4.71. The summed E-state index contributed by atoms with van der Waals surface area (Å²) in [5, 5.41) is 0. The van der Waals surface area contributed by atoms with Crippen molar-refractivity contribution in [3.05, 3.63) is 48.0 Å². The average Bonchev–Trinajstić information content (AvgIpc) is 2.64. The lowest BCUT2D eigenvalue weighted by Gasteiger charge is -2.16. The zero-order valence-corrected chi connectivity index (χ0v) is 16.1. The molecular weight excluding hydrogens is 376 g/mol. The molecule has 0 saturated carbocycles. The Bertz CT molecular complexity index is 925. The van der Waals surface area contributed by atoms with Gasteiger partial charge in [-0.15, -0.1) is 0 Å². The van der Waals surface area contributed by atoms with Gasteiger partial charge in [0.15, 0.2) is 23.0 Å². The number of hydrogen-bond acceptors (Lipinski definition) is 7. The van der Waals surface area contributed by atoms with Gasteiger partial charge in [0.05, 0.1) is 28.4 Å². The molecule has 0 spiro atoms. The number of methoxy groups -OCH3 is 4. The standard InChI is InChI=1S/C18H20O8S/c1-11(13-9-16(23-3)18(25-5)17(10-13)24-4)12-6-7-14(22-2)15(8-12)26-27(19,20)21/h6-10H,1H2,2-5H3,(H,19,20,21). The molecule has 0 aromatic heterocycles. The fourth-order valence-corrected chi connectivity index (χ4v) is 2.82. The number of rotatable bonds is 8. The lowest BCUT2D eigenvalue weighted by molar-refractivity contribution is 0.324. The van der Waals surface area contributed by atoms with Crippen molar-refractivity contribution in [2.45, 2.75) is 0 Å². The quantitative estimate of drug-likeness (QED) is 0.680. The molecule has 1 N–H and O–H groups in total. The Morgan fingerprint density at radius 2 is 1.33 bits per heavy atom. The minimum Gasteiger partial charge on any atom is -0.493 e. The molecule has 0 fully saturated rings. The van der Waals surface area contributed by atoms with Crippen molar-refractivity contribution >= 4 is 16.0 Å². The summed E-state index contributed by atoms with van der Waals surface area (Å²) in [6, 6.07) is 7.97. The summed E-state index contributed by atoms with van der Waals surface area (Å²) in [5.74, 6) is 1.27. The fourth-order valence-electron chi connectivity index (χ4n) is 2.46. The molecule has 9 heteroatoms. The van der Waals surface area contributed by atoms with Gasteiger partial charge in [-0.2, -0.15) is 8.42 Å². The third-order valence-electron chi connectivity index (χ3n) is 3.72. The Morgan fingerprint density at radius 3 is 1.78 bits per heavy atom. The molecule has 0 bridgehead atoms. The highest BCUT2D eigenvalue weighted by Gasteiger charge is 2.18. The van der Waals surface area contributed by atoms with Crippen LogP contribution in [0.5, 0.6) is 28.7 Å². The van der Waals surface area contributed by atoms with Crippen molar-refractivity contribution in [1.29, 1.82) is 0 Å². The molecule has 2 aromatic carbocycles. The highest BCUT2D eigenvalue weighted by molar-refractivity contribution is 7.81. The van der Waals surface area contributed by atoms with E-state index in [1.54, 1.807) is 18.2 Å². The van der Waals surface area contributed by atoms with Crippen molar-refractivity contribution in [2.75, 3.05) is 28.4 Å². The van der Waals surface area contributed by atoms with Gasteiger partial charge in [-0.05, 0) is 41.0 Å². The molecule has 27 heavy (non-hydrogen) atoms. The SMILES string of the molecule is C=C(c1ccc(OC)c(OS(=O)(=O)O)c1)c1cc(OC)c(OC)c(OC)c1. The van der Waals surface area contributed by atoms with E-state index in [1.807, 2.05) is 0 Å². The zero-order chi connectivity index (χ0) is 20.2. The highest BCUT2D eigenvalue weighted by atomic mass is 32.3. The summed E-state index contributed by atoms with van der Waals surface area (Å²) in [4.78, 5) is 0. The van der Waals surface area contributed by atoms with Crippen LogP contribution in [0.3, 0.4) is 0 Å². The van der Waals surface area contributed by atoms with Gasteiger partial charge in [0.2, 0.25) is 5.75 Å². The lowest BCUT2D eigenvalue weighted by atomic mass is 9.98. The molecule has 0 atom stereocenters. The first-order valence-corrected chi connectivity index (χ1v) is 8.95. The first kappa shape index (κ1) is 20.4. The molecule has 146 valence electrons. The number of hydrogen-bond donors (Lipinski definition) is 1. The molecule has 0 radical (unpaired) electrons. The van der Waals surface area contributed by atoms with Gasteiger partial charge in [0.25, 0.3) is 0 Å². The molecule has 0 heterocycles. The molecule has 0 unspecified atom stereocenters. The summed E-state index contributed by atoms with van der Waals surface area (Å²) < 4.78 is 56.7. The van der Waals surface area contributed by atoms with Crippen LogP contribution in [0.2, 0.25) is 0 Å². The van der Waals surface area contributed by atoms with Crippen molar-refractivity contribution in [3.8, 4) is 28.7 Å². The zero-order valence-electron chi connectivity index (χ0n) is 15.3. The first-order valence-electron chi connectivity index (χ1n) is 7.58. The second kappa shape index (κ2) is 8.19. The maximum atomic E-state index is 11.1. The first-order chi connectivity index (χ1) is 12.7. The minimum absolute atomic E-state index is 0.133. The van der Waals surface area contributed by atoms with Gasteiger partial charge in [0, 0.05) is 0 Å².